The van der Waals surface area contributed by atoms with Crippen molar-refractivity contribution in [3.8, 4) is 0 Å². The first-order valence-electron chi connectivity index (χ1n) is 4.53. The van der Waals surface area contributed by atoms with E-state index < -0.39 is 0 Å². The van der Waals surface area contributed by atoms with Crippen molar-refractivity contribution in [2.24, 2.45) is 0 Å². The number of nitrogens with one attached hydrogen (secondary N) is 1. The average molecular weight is 210 g/mol. The molecule has 0 aliphatic heterocycles. The third-order valence-electron chi connectivity index (χ3n) is 1.87. The van der Waals surface area contributed by atoms with Crippen LogP contribution in [0.3, 0.4) is 0 Å². The number of rotatable bonds is 4. The lowest BCUT2D eigenvalue weighted by molar-refractivity contribution is 0.0865. The average Bonchev–Trinajstić information content (AvgIpc) is 2.26. The number of carbonyl (C=O) groups excluding carboxylic acids is 1. The summed E-state index contributed by atoms with van der Waals surface area (Å²) in [6.45, 7) is 2.29. The minimum Gasteiger partial charge on any atom is -0.382 e. The topological polar surface area (TPSA) is 90.1 Å². The second-order valence-corrected chi connectivity index (χ2v) is 3.10. The maximum Gasteiger partial charge on any atom is 0.271 e. The predicted molar refractivity (Wildman–Crippen MR) is 55.2 cm³/mol. The largest absolute Gasteiger partial charge is 0.382 e. The van der Waals surface area contributed by atoms with E-state index in [0.29, 0.717) is 6.54 Å². The zero-order valence-electron chi connectivity index (χ0n) is 8.73. The number of nitrogens with two attached hydrogens (primary N) is 1. The molecule has 0 aliphatic rings. The van der Waals surface area contributed by atoms with Gasteiger partial charge in [-0.25, -0.2) is 0 Å². The van der Waals surface area contributed by atoms with Gasteiger partial charge in [-0.1, -0.05) is 0 Å². The van der Waals surface area contributed by atoms with Crippen LogP contribution < -0.4 is 11.1 Å². The lowest BCUT2D eigenvalue weighted by atomic mass is 10.3. The molecule has 3 N–H and O–H groups in total. The zero-order chi connectivity index (χ0) is 11.3. The van der Waals surface area contributed by atoms with Gasteiger partial charge in [0.1, 0.15) is 5.82 Å². The number of hydrogen-bond acceptors (Lipinski definition) is 5. The van der Waals surface area contributed by atoms with Crippen LogP contribution in [-0.2, 0) is 4.74 Å². The van der Waals surface area contributed by atoms with Gasteiger partial charge in [0, 0.05) is 13.7 Å². The van der Waals surface area contributed by atoms with Crippen molar-refractivity contribution in [3.63, 3.8) is 0 Å². The lowest BCUT2D eigenvalue weighted by Crippen LogP contribution is -2.32. The molecule has 6 nitrogen and oxygen atoms in total. The standard InChI is InChI=1S/C9H14N4O2/c1-6(15-2)5-11-9(14)7-3-4-8(10)13-12-7/h3-4,6H,5H2,1-2H3,(H2,10,13)(H,11,14). The Labute approximate surface area is 87.8 Å². The summed E-state index contributed by atoms with van der Waals surface area (Å²) in [4.78, 5) is 11.5. The summed E-state index contributed by atoms with van der Waals surface area (Å²) in [6.07, 6.45) is -0.0318. The van der Waals surface area contributed by atoms with E-state index in [9.17, 15) is 4.79 Å². The molecule has 82 valence electrons. The Hall–Kier alpha value is -1.69. The maximum atomic E-state index is 11.5. The first kappa shape index (κ1) is 11.4. The third-order valence-corrected chi connectivity index (χ3v) is 1.87. The fourth-order valence-corrected chi connectivity index (χ4v) is 0.874. The molecule has 6 heteroatoms. The molecular formula is C9H14N4O2. The van der Waals surface area contributed by atoms with E-state index in [-0.39, 0.29) is 23.5 Å². The smallest absolute Gasteiger partial charge is 0.271 e. The van der Waals surface area contributed by atoms with Crippen molar-refractivity contribution < 1.29 is 9.53 Å². The molecule has 0 fully saturated rings. The number of nitrogens with zero attached hydrogens (tertiary/aromatic N) is 2. The summed E-state index contributed by atoms with van der Waals surface area (Å²) in [5.41, 5.74) is 5.59. The van der Waals surface area contributed by atoms with Crippen LogP contribution in [0, 0.1) is 0 Å². The van der Waals surface area contributed by atoms with Crippen LogP contribution in [0.25, 0.3) is 0 Å². The molecule has 0 saturated carbocycles. The van der Waals surface area contributed by atoms with E-state index in [4.69, 9.17) is 10.5 Å². The van der Waals surface area contributed by atoms with Crippen LogP contribution in [0.15, 0.2) is 12.1 Å². The summed E-state index contributed by atoms with van der Waals surface area (Å²) >= 11 is 0. The number of aromatic nitrogens is 2. The van der Waals surface area contributed by atoms with Crippen LogP contribution in [-0.4, -0.2) is 35.9 Å². The van der Waals surface area contributed by atoms with Crippen LogP contribution in [0.1, 0.15) is 17.4 Å². The highest BCUT2D eigenvalue weighted by molar-refractivity contribution is 5.92. The molecule has 1 atom stereocenters. The van der Waals surface area contributed by atoms with Crippen LogP contribution in [0.2, 0.25) is 0 Å². The molecule has 0 saturated heterocycles. The molecule has 0 aromatic carbocycles. The monoisotopic (exact) mass is 210 g/mol. The number of nitrogen functional groups attached to an aromatic ring is 1. The van der Waals surface area contributed by atoms with E-state index >= 15 is 0 Å². The molecule has 1 amide bonds. The van der Waals surface area contributed by atoms with Gasteiger partial charge in [-0.05, 0) is 19.1 Å². The predicted octanol–water partition coefficient (Wildman–Crippen LogP) is -0.177. The minimum absolute atomic E-state index is 0.0318. The molecule has 1 unspecified atom stereocenters. The Morgan fingerprint density at radius 1 is 1.60 bits per heavy atom. The van der Waals surface area contributed by atoms with E-state index in [0.717, 1.165) is 0 Å². The van der Waals surface area contributed by atoms with Crippen LogP contribution in [0.4, 0.5) is 5.82 Å². The quantitative estimate of drug-likeness (QED) is 0.719. The van der Waals surface area contributed by atoms with Gasteiger partial charge in [-0.15, -0.1) is 10.2 Å². The molecule has 1 heterocycles. The van der Waals surface area contributed by atoms with Crippen molar-refractivity contribution in [1.82, 2.24) is 15.5 Å². The molecule has 0 aliphatic carbocycles. The zero-order valence-corrected chi connectivity index (χ0v) is 8.73. The number of methoxy groups -OCH3 is 1. The molecule has 15 heavy (non-hydrogen) atoms. The van der Waals surface area contributed by atoms with Gasteiger partial charge >= 0.3 is 0 Å². The molecule has 0 spiro atoms. The second-order valence-electron chi connectivity index (χ2n) is 3.10. The number of ether oxygens (including phenoxy) is 1. The highest BCUT2D eigenvalue weighted by atomic mass is 16.5. The molecule has 1 aromatic rings. The van der Waals surface area contributed by atoms with Gasteiger partial charge in [0.25, 0.3) is 5.91 Å². The second kappa shape index (κ2) is 5.26. The first-order valence-corrected chi connectivity index (χ1v) is 4.53. The highest BCUT2D eigenvalue weighted by Gasteiger charge is 2.08. The summed E-state index contributed by atoms with van der Waals surface area (Å²) in [6, 6.07) is 3.05. The van der Waals surface area contributed by atoms with E-state index in [1.807, 2.05) is 6.92 Å². The van der Waals surface area contributed by atoms with Gasteiger partial charge in [0.2, 0.25) is 0 Å². The number of carbonyl (C=O) groups is 1. The minimum atomic E-state index is -0.286. The number of amides is 1. The Bertz CT molecular complexity index is 325. The molecule has 0 radical (unpaired) electrons. The van der Waals surface area contributed by atoms with Gasteiger partial charge in [-0.2, -0.15) is 0 Å². The fraction of sp³-hybridized carbons (Fsp3) is 0.444. The molecular weight excluding hydrogens is 196 g/mol. The SMILES string of the molecule is COC(C)CNC(=O)c1ccc(N)nn1. The van der Waals surface area contributed by atoms with Gasteiger partial charge in [0.15, 0.2) is 5.69 Å². The van der Waals surface area contributed by atoms with Crippen LogP contribution >= 0.6 is 0 Å². The molecule has 0 bridgehead atoms. The van der Waals surface area contributed by atoms with Gasteiger partial charge in [-0.3, -0.25) is 4.79 Å². The van der Waals surface area contributed by atoms with E-state index in [1.54, 1.807) is 7.11 Å². The molecule has 1 aromatic heterocycles. The Kier molecular flexibility index (Phi) is 3.99. The third kappa shape index (κ3) is 3.51. The fourth-order valence-electron chi connectivity index (χ4n) is 0.874. The Morgan fingerprint density at radius 3 is 2.87 bits per heavy atom. The summed E-state index contributed by atoms with van der Waals surface area (Å²) in [5.74, 6) is 0.00297. The summed E-state index contributed by atoms with van der Waals surface area (Å²) < 4.78 is 4.98. The van der Waals surface area contributed by atoms with Crippen molar-refractivity contribution >= 4 is 11.7 Å². The Balaban J connectivity index is 2.50. The van der Waals surface area contributed by atoms with Crippen molar-refractivity contribution in [3.05, 3.63) is 17.8 Å². The number of hydrogen-bond donors (Lipinski definition) is 2. The Morgan fingerprint density at radius 2 is 2.33 bits per heavy atom. The maximum absolute atomic E-state index is 11.5. The summed E-state index contributed by atoms with van der Waals surface area (Å²) in [5, 5.41) is 9.90. The lowest BCUT2D eigenvalue weighted by Gasteiger charge is -2.09. The van der Waals surface area contributed by atoms with Gasteiger partial charge in [0.05, 0.1) is 6.10 Å². The summed E-state index contributed by atoms with van der Waals surface area (Å²) in [7, 11) is 1.58. The van der Waals surface area contributed by atoms with E-state index in [1.165, 1.54) is 12.1 Å². The van der Waals surface area contributed by atoms with Crippen molar-refractivity contribution in [2.45, 2.75) is 13.0 Å². The first-order chi connectivity index (χ1) is 7.13. The normalized spacial score (nSPS) is 12.1. The van der Waals surface area contributed by atoms with Gasteiger partial charge < -0.3 is 15.8 Å². The van der Waals surface area contributed by atoms with Crippen molar-refractivity contribution in [1.29, 1.82) is 0 Å². The van der Waals surface area contributed by atoms with Crippen molar-refractivity contribution in [2.75, 3.05) is 19.4 Å². The molecule has 1 rings (SSSR count). The number of anilines is 1. The van der Waals surface area contributed by atoms with E-state index in [2.05, 4.69) is 15.5 Å². The highest BCUT2D eigenvalue weighted by Crippen LogP contribution is 1.97. The van der Waals surface area contributed by atoms with Crippen LogP contribution in [0.5, 0.6) is 0 Å².